The number of hydrogen-bond donors (Lipinski definition) is 4. The Hall–Kier alpha value is -6.00. The van der Waals surface area contributed by atoms with E-state index in [0.717, 1.165) is 0 Å². The monoisotopic (exact) mass is 573 g/mol. The Labute approximate surface area is 248 Å². The Morgan fingerprint density at radius 1 is 0.953 bits per heavy atom. The van der Waals surface area contributed by atoms with E-state index >= 15 is 0 Å². The van der Waals surface area contributed by atoms with Crippen LogP contribution in [-0.4, -0.2) is 47.1 Å². The van der Waals surface area contributed by atoms with Gasteiger partial charge in [0, 0.05) is 29.4 Å². The number of nitrogens with zero attached hydrogens (tertiary/aromatic N) is 2. The lowest BCUT2D eigenvalue weighted by atomic mass is 9.70. The molecule has 2 unspecified atom stereocenters. The number of anilines is 3. The van der Waals surface area contributed by atoms with E-state index in [-0.39, 0.29) is 23.8 Å². The predicted octanol–water partition coefficient (Wildman–Crippen LogP) is 3.40. The SMILES string of the molecule is COc1ccccc1C#CC1Nc2cccc(Cc3cnc(N)nc3N)c2C(=O)C1(C#Cc1ccccc1OC)C(=O)O. The summed E-state index contributed by atoms with van der Waals surface area (Å²) in [5, 5.41) is 14.0. The number of nitrogen functional groups attached to an aromatic ring is 2. The highest BCUT2D eigenvalue weighted by atomic mass is 16.5. The standard InChI is InChI=1S/C33H27N5O5/c1-42-25-12-5-3-8-20(25)14-15-27-33(31(40)41,17-16-21-9-4-6-13-26(21)43-2)29(39)28-22(10-7-11-24(28)37-27)18-23-19-36-32(35)38-30(23)34/h3-13,19,27,37H,18H2,1-2H3,(H,40,41)(H4,34,35,36,38). The smallest absolute Gasteiger partial charge is 0.333 e. The molecule has 2 heterocycles. The molecule has 0 bridgehead atoms. The van der Waals surface area contributed by atoms with Gasteiger partial charge in [-0.15, -0.1) is 0 Å². The molecule has 4 aromatic rings. The normalized spacial score (nSPS) is 16.8. The van der Waals surface area contributed by atoms with Gasteiger partial charge in [0.2, 0.25) is 11.4 Å². The number of carbonyl (C=O) groups is 2. The number of fused-ring (bicyclic) bond motifs is 1. The summed E-state index contributed by atoms with van der Waals surface area (Å²) < 4.78 is 10.8. The average molecular weight is 574 g/mol. The van der Waals surface area contributed by atoms with Crippen LogP contribution in [0.3, 0.4) is 0 Å². The highest BCUT2D eigenvalue weighted by Gasteiger charge is 2.55. The first-order chi connectivity index (χ1) is 20.8. The third-order valence-corrected chi connectivity index (χ3v) is 7.06. The lowest BCUT2D eigenvalue weighted by Gasteiger charge is -2.36. The van der Waals surface area contributed by atoms with Crippen molar-refractivity contribution in [3.63, 3.8) is 0 Å². The Morgan fingerprint density at radius 3 is 2.23 bits per heavy atom. The zero-order valence-corrected chi connectivity index (χ0v) is 23.3. The summed E-state index contributed by atoms with van der Waals surface area (Å²) in [5.74, 6) is 10.6. The van der Waals surface area contributed by atoms with Gasteiger partial charge in [0.05, 0.1) is 25.3 Å². The van der Waals surface area contributed by atoms with Crippen LogP contribution in [0.5, 0.6) is 11.5 Å². The zero-order valence-electron chi connectivity index (χ0n) is 23.3. The number of ketones is 1. The molecule has 214 valence electrons. The second-order valence-corrected chi connectivity index (χ2v) is 9.59. The zero-order chi connectivity index (χ0) is 30.6. The molecule has 0 amide bonds. The fourth-order valence-electron chi connectivity index (χ4n) is 4.86. The highest BCUT2D eigenvalue weighted by molar-refractivity contribution is 6.20. The van der Waals surface area contributed by atoms with Crippen molar-refractivity contribution in [3.8, 4) is 35.2 Å². The third-order valence-electron chi connectivity index (χ3n) is 7.06. The van der Waals surface area contributed by atoms with Crippen LogP contribution >= 0.6 is 0 Å². The molecular formula is C33H27N5O5. The number of para-hydroxylation sites is 2. The van der Waals surface area contributed by atoms with Gasteiger partial charge < -0.3 is 31.4 Å². The second-order valence-electron chi connectivity index (χ2n) is 9.59. The topological polar surface area (TPSA) is 163 Å². The van der Waals surface area contributed by atoms with Gasteiger partial charge in [0.25, 0.3) is 0 Å². The van der Waals surface area contributed by atoms with Gasteiger partial charge in [-0.3, -0.25) is 4.79 Å². The highest BCUT2D eigenvalue weighted by Crippen LogP contribution is 2.40. The van der Waals surface area contributed by atoms with Crippen LogP contribution < -0.4 is 26.3 Å². The van der Waals surface area contributed by atoms with E-state index in [2.05, 4.69) is 39.0 Å². The molecule has 0 saturated heterocycles. The van der Waals surface area contributed by atoms with Crippen LogP contribution in [0.4, 0.5) is 17.5 Å². The van der Waals surface area contributed by atoms with Gasteiger partial charge in [-0.25, -0.2) is 9.78 Å². The number of Topliss-reactive ketones (excluding diaryl/α,β-unsaturated/α-hetero) is 1. The van der Waals surface area contributed by atoms with Crippen molar-refractivity contribution >= 4 is 29.2 Å². The number of rotatable bonds is 5. The third kappa shape index (κ3) is 5.37. The molecule has 10 heteroatoms. The molecule has 1 aliphatic heterocycles. The van der Waals surface area contributed by atoms with E-state index < -0.39 is 23.2 Å². The number of benzene rings is 3. The number of aromatic nitrogens is 2. The van der Waals surface area contributed by atoms with E-state index in [1.807, 2.05) is 0 Å². The molecule has 43 heavy (non-hydrogen) atoms. The van der Waals surface area contributed by atoms with Crippen LogP contribution in [0, 0.1) is 29.1 Å². The van der Waals surface area contributed by atoms with Crippen molar-refractivity contribution in [3.05, 3.63) is 101 Å². The summed E-state index contributed by atoms with van der Waals surface area (Å²) in [5.41, 5.74) is 12.0. The first kappa shape index (κ1) is 28.5. The van der Waals surface area contributed by atoms with Crippen molar-refractivity contribution in [1.82, 2.24) is 9.97 Å². The molecule has 1 aromatic heterocycles. The summed E-state index contributed by atoms with van der Waals surface area (Å²) >= 11 is 0. The number of carbonyl (C=O) groups excluding carboxylic acids is 1. The molecule has 6 N–H and O–H groups in total. The summed E-state index contributed by atoms with van der Waals surface area (Å²) in [4.78, 5) is 35.8. The number of aliphatic carboxylic acids is 1. The van der Waals surface area contributed by atoms with Crippen LogP contribution in [0.2, 0.25) is 0 Å². The number of hydrogen-bond acceptors (Lipinski definition) is 9. The van der Waals surface area contributed by atoms with Crippen molar-refractivity contribution in [2.45, 2.75) is 12.5 Å². The number of ether oxygens (including phenoxy) is 2. The van der Waals surface area contributed by atoms with Gasteiger partial charge >= 0.3 is 5.97 Å². The Balaban J connectivity index is 1.71. The van der Waals surface area contributed by atoms with E-state index in [1.165, 1.54) is 20.4 Å². The molecule has 2 atom stereocenters. The van der Waals surface area contributed by atoms with E-state index in [4.69, 9.17) is 20.9 Å². The van der Waals surface area contributed by atoms with Gasteiger partial charge in [0.15, 0.2) is 5.78 Å². The Kier molecular flexibility index (Phi) is 7.86. The minimum Gasteiger partial charge on any atom is -0.495 e. The second kappa shape index (κ2) is 11.9. The fourth-order valence-corrected chi connectivity index (χ4v) is 4.86. The number of carboxylic acid groups (broad SMARTS) is 1. The molecule has 5 rings (SSSR count). The average Bonchev–Trinajstić information content (AvgIpc) is 3.01. The largest absolute Gasteiger partial charge is 0.495 e. The molecule has 0 spiro atoms. The maximum absolute atomic E-state index is 14.5. The minimum atomic E-state index is -2.30. The number of carboxylic acids is 1. The maximum Gasteiger partial charge on any atom is 0.333 e. The van der Waals surface area contributed by atoms with Crippen LogP contribution in [0.1, 0.15) is 32.6 Å². The van der Waals surface area contributed by atoms with Gasteiger partial charge in [-0.1, -0.05) is 60.1 Å². The lowest BCUT2D eigenvalue weighted by Crippen LogP contribution is -2.54. The van der Waals surface area contributed by atoms with Crippen LogP contribution in [0.15, 0.2) is 72.9 Å². The molecular weight excluding hydrogens is 546 g/mol. The first-order valence-corrected chi connectivity index (χ1v) is 13.1. The molecule has 1 aliphatic rings. The van der Waals surface area contributed by atoms with E-state index in [1.54, 1.807) is 66.7 Å². The van der Waals surface area contributed by atoms with Crippen molar-refractivity contribution < 1.29 is 24.2 Å². The Bertz CT molecular complexity index is 1870. The molecule has 0 radical (unpaired) electrons. The molecule has 0 aliphatic carbocycles. The number of methoxy groups -OCH3 is 2. The first-order valence-electron chi connectivity index (χ1n) is 13.1. The van der Waals surface area contributed by atoms with E-state index in [0.29, 0.717) is 39.4 Å². The number of nitrogens with two attached hydrogens (primary N) is 2. The van der Waals surface area contributed by atoms with Crippen LogP contribution in [-0.2, 0) is 11.2 Å². The van der Waals surface area contributed by atoms with Gasteiger partial charge in [-0.05, 0) is 35.9 Å². The number of nitrogens with one attached hydrogen (secondary N) is 1. The summed E-state index contributed by atoms with van der Waals surface area (Å²) in [6.07, 6.45) is 1.63. The van der Waals surface area contributed by atoms with Crippen molar-refractivity contribution in [2.24, 2.45) is 5.41 Å². The fraction of sp³-hybridized carbons (Fsp3) is 0.152. The molecule has 3 aromatic carbocycles. The van der Waals surface area contributed by atoms with Crippen molar-refractivity contribution in [1.29, 1.82) is 0 Å². The minimum absolute atomic E-state index is 0.0158. The quantitative estimate of drug-likeness (QED) is 0.206. The lowest BCUT2D eigenvalue weighted by molar-refractivity contribution is -0.143. The van der Waals surface area contributed by atoms with Crippen LogP contribution in [0.25, 0.3) is 0 Å². The molecule has 0 saturated carbocycles. The summed E-state index contributed by atoms with van der Waals surface area (Å²) in [6, 6.07) is 17.9. The predicted molar refractivity (Wildman–Crippen MR) is 162 cm³/mol. The maximum atomic E-state index is 14.5. The van der Waals surface area contributed by atoms with Gasteiger partial charge in [-0.2, -0.15) is 4.98 Å². The van der Waals surface area contributed by atoms with Crippen molar-refractivity contribution in [2.75, 3.05) is 31.0 Å². The Morgan fingerprint density at radius 2 is 1.60 bits per heavy atom. The molecule has 0 fully saturated rings. The van der Waals surface area contributed by atoms with E-state index in [9.17, 15) is 14.7 Å². The summed E-state index contributed by atoms with van der Waals surface area (Å²) in [6.45, 7) is 0. The summed E-state index contributed by atoms with van der Waals surface area (Å²) in [7, 11) is 3.00. The van der Waals surface area contributed by atoms with Gasteiger partial charge in [0.1, 0.15) is 23.4 Å². The molecule has 10 nitrogen and oxygen atoms in total.